The molecule has 1 unspecified atom stereocenters. The van der Waals surface area contributed by atoms with Crippen LogP contribution in [0.3, 0.4) is 0 Å². The van der Waals surface area contributed by atoms with Gasteiger partial charge in [0.05, 0.1) is 11.1 Å². The highest BCUT2D eigenvalue weighted by atomic mass is 32.2. The lowest BCUT2D eigenvalue weighted by atomic mass is 10.1. The summed E-state index contributed by atoms with van der Waals surface area (Å²) in [4.78, 5) is 25.5. The van der Waals surface area contributed by atoms with Crippen molar-refractivity contribution in [3.63, 3.8) is 0 Å². The number of rotatable bonds is 6. The van der Waals surface area contributed by atoms with Crippen LogP contribution < -0.4 is 5.73 Å². The number of carbonyl (C=O) groups excluding carboxylic acids is 2. The molecule has 102 valence electrons. The van der Waals surface area contributed by atoms with Crippen LogP contribution in [0, 0.1) is 0 Å². The average Bonchev–Trinajstić information content (AvgIpc) is 2.63. The summed E-state index contributed by atoms with van der Waals surface area (Å²) in [6, 6.07) is 7.17. The van der Waals surface area contributed by atoms with Crippen molar-refractivity contribution in [1.82, 2.24) is 4.90 Å². The molecule has 0 spiro atoms. The highest BCUT2D eigenvalue weighted by molar-refractivity contribution is 7.99. The second-order valence-corrected chi connectivity index (χ2v) is 5.86. The van der Waals surface area contributed by atoms with E-state index in [1.54, 1.807) is 36.0 Å². The quantitative estimate of drug-likeness (QED) is 0.636. The zero-order valence-corrected chi connectivity index (χ0v) is 11.8. The van der Waals surface area contributed by atoms with E-state index in [4.69, 9.17) is 5.73 Å². The SMILES string of the molecule is CC(N)CSCCCN1C(=O)c2ccccc2C1=O. The molecule has 4 nitrogen and oxygen atoms in total. The van der Waals surface area contributed by atoms with Crippen molar-refractivity contribution in [2.24, 2.45) is 5.73 Å². The van der Waals surface area contributed by atoms with E-state index >= 15 is 0 Å². The number of amides is 2. The molecule has 1 aliphatic heterocycles. The minimum atomic E-state index is -0.169. The zero-order chi connectivity index (χ0) is 13.8. The molecule has 0 fully saturated rings. The fourth-order valence-electron chi connectivity index (χ4n) is 2.04. The van der Waals surface area contributed by atoms with Crippen molar-refractivity contribution in [3.8, 4) is 0 Å². The number of carbonyl (C=O) groups is 2. The Morgan fingerprint density at radius 1 is 1.21 bits per heavy atom. The highest BCUT2D eigenvalue weighted by Crippen LogP contribution is 2.22. The molecule has 2 rings (SSSR count). The Labute approximate surface area is 117 Å². The van der Waals surface area contributed by atoms with E-state index in [-0.39, 0.29) is 17.9 Å². The molecule has 1 aliphatic rings. The number of hydrogen-bond donors (Lipinski definition) is 1. The fourth-order valence-corrected chi connectivity index (χ4v) is 2.91. The van der Waals surface area contributed by atoms with Crippen LogP contribution in [0.4, 0.5) is 0 Å². The van der Waals surface area contributed by atoms with E-state index in [2.05, 4.69) is 0 Å². The second kappa shape index (κ2) is 6.21. The van der Waals surface area contributed by atoms with Crippen LogP contribution in [0.5, 0.6) is 0 Å². The average molecular weight is 278 g/mol. The Hall–Kier alpha value is -1.33. The van der Waals surface area contributed by atoms with Gasteiger partial charge in [-0.3, -0.25) is 14.5 Å². The van der Waals surface area contributed by atoms with Crippen molar-refractivity contribution in [2.45, 2.75) is 19.4 Å². The van der Waals surface area contributed by atoms with Crippen LogP contribution in [-0.2, 0) is 0 Å². The van der Waals surface area contributed by atoms with Gasteiger partial charge in [-0.15, -0.1) is 0 Å². The van der Waals surface area contributed by atoms with Gasteiger partial charge in [0.15, 0.2) is 0 Å². The second-order valence-electron chi connectivity index (χ2n) is 4.71. The number of hydrogen-bond acceptors (Lipinski definition) is 4. The van der Waals surface area contributed by atoms with Crippen molar-refractivity contribution in [3.05, 3.63) is 35.4 Å². The lowest BCUT2D eigenvalue weighted by Crippen LogP contribution is -2.31. The maximum Gasteiger partial charge on any atom is 0.261 e. The molecule has 1 aromatic rings. The van der Waals surface area contributed by atoms with Crippen molar-refractivity contribution in [2.75, 3.05) is 18.1 Å². The molecule has 0 saturated heterocycles. The molecule has 1 atom stereocenters. The number of fused-ring (bicyclic) bond motifs is 1. The minimum Gasteiger partial charge on any atom is -0.327 e. The molecular weight excluding hydrogens is 260 g/mol. The number of nitrogens with zero attached hydrogens (tertiary/aromatic N) is 1. The predicted molar refractivity (Wildman–Crippen MR) is 77.4 cm³/mol. The first-order valence-electron chi connectivity index (χ1n) is 6.40. The Morgan fingerprint density at radius 3 is 2.32 bits per heavy atom. The molecule has 0 bridgehead atoms. The largest absolute Gasteiger partial charge is 0.327 e. The Morgan fingerprint density at radius 2 is 1.79 bits per heavy atom. The molecule has 2 N–H and O–H groups in total. The minimum absolute atomic E-state index is 0.169. The zero-order valence-electron chi connectivity index (χ0n) is 11.0. The molecule has 1 aromatic carbocycles. The predicted octanol–water partition coefficient (Wildman–Crippen LogP) is 1.75. The molecule has 0 radical (unpaired) electrons. The van der Waals surface area contributed by atoms with Crippen molar-refractivity contribution < 1.29 is 9.59 Å². The highest BCUT2D eigenvalue weighted by Gasteiger charge is 2.34. The Kier molecular flexibility index (Phi) is 4.61. The number of nitrogens with two attached hydrogens (primary N) is 1. The van der Waals surface area contributed by atoms with E-state index in [9.17, 15) is 9.59 Å². The van der Waals surface area contributed by atoms with Gasteiger partial charge in [0.1, 0.15) is 0 Å². The molecular formula is C14H18N2O2S. The van der Waals surface area contributed by atoms with Gasteiger partial charge in [0.25, 0.3) is 11.8 Å². The molecule has 19 heavy (non-hydrogen) atoms. The summed E-state index contributed by atoms with van der Waals surface area (Å²) in [5.74, 6) is 1.48. The Balaban J connectivity index is 1.87. The number of thioether (sulfide) groups is 1. The van der Waals surface area contributed by atoms with Gasteiger partial charge in [-0.1, -0.05) is 12.1 Å². The van der Waals surface area contributed by atoms with Crippen LogP contribution in [0.25, 0.3) is 0 Å². The third-order valence-electron chi connectivity index (χ3n) is 2.93. The molecule has 2 amide bonds. The van der Waals surface area contributed by atoms with E-state index in [1.165, 1.54) is 4.90 Å². The van der Waals surface area contributed by atoms with Gasteiger partial charge in [-0.25, -0.2) is 0 Å². The fraction of sp³-hybridized carbons (Fsp3) is 0.429. The molecule has 0 aliphatic carbocycles. The summed E-state index contributed by atoms with van der Waals surface area (Å²) in [6.45, 7) is 2.45. The summed E-state index contributed by atoms with van der Waals surface area (Å²) in [5.41, 5.74) is 6.71. The van der Waals surface area contributed by atoms with Crippen LogP contribution in [0.2, 0.25) is 0 Å². The van der Waals surface area contributed by atoms with E-state index in [1.807, 2.05) is 6.92 Å². The maximum absolute atomic E-state index is 12.1. The van der Waals surface area contributed by atoms with Gasteiger partial charge < -0.3 is 5.73 Å². The third-order valence-corrected chi connectivity index (χ3v) is 4.27. The third kappa shape index (κ3) is 3.16. The molecule has 0 saturated carbocycles. The van der Waals surface area contributed by atoms with Gasteiger partial charge >= 0.3 is 0 Å². The topological polar surface area (TPSA) is 63.4 Å². The summed E-state index contributed by atoms with van der Waals surface area (Å²) in [6.07, 6.45) is 0.808. The summed E-state index contributed by atoms with van der Waals surface area (Å²) in [7, 11) is 0. The van der Waals surface area contributed by atoms with Crippen LogP contribution in [0.1, 0.15) is 34.1 Å². The first-order chi connectivity index (χ1) is 9.11. The van der Waals surface area contributed by atoms with Crippen LogP contribution in [0.15, 0.2) is 24.3 Å². The van der Waals surface area contributed by atoms with Gasteiger partial charge in [-0.05, 0) is 31.2 Å². The van der Waals surface area contributed by atoms with Crippen LogP contribution >= 0.6 is 11.8 Å². The number of benzene rings is 1. The van der Waals surface area contributed by atoms with Crippen molar-refractivity contribution >= 4 is 23.6 Å². The molecule has 5 heteroatoms. The van der Waals surface area contributed by atoms with Crippen molar-refractivity contribution in [1.29, 1.82) is 0 Å². The van der Waals surface area contributed by atoms with Gasteiger partial charge in [-0.2, -0.15) is 11.8 Å². The lowest BCUT2D eigenvalue weighted by molar-refractivity contribution is 0.0655. The van der Waals surface area contributed by atoms with E-state index < -0.39 is 0 Å². The molecule has 0 aromatic heterocycles. The van der Waals surface area contributed by atoms with Gasteiger partial charge in [0.2, 0.25) is 0 Å². The van der Waals surface area contributed by atoms with Gasteiger partial charge in [0, 0.05) is 18.3 Å². The standard InChI is InChI=1S/C14H18N2O2S/c1-10(15)9-19-8-4-7-16-13(17)11-5-2-3-6-12(11)14(16)18/h2-3,5-6,10H,4,7-9,15H2,1H3. The first-order valence-corrected chi connectivity index (χ1v) is 7.55. The summed E-state index contributed by atoms with van der Waals surface area (Å²) in [5, 5.41) is 0. The van der Waals surface area contributed by atoms with Crippen LogP contribution in [-0.4, -0.2) is 40.8 Å². The normalized spacial score (nSPS) is 15.8. The summed E-state index contributed by atoms with van der Waals surface area (Å²) < 4.78 is 0. The van der Waals surface area contributed by atoms with E-state index in [0.717, 1.165) is 17.9 Å². The number of imide groups is 1. The lowest BCUT2D eigenvalue weighted by Gasteiger charge is -2.13. The monoisotopic (exact) mass is 278 g/mol. The summed E-state index contributed by atoms with van der Waals surface area (Å²) >= 11 is 1.76. The Bertz CT molecular complexity index is 453. The first kappa shape index (κ1) is 14.1. The smallest absolute Gasteiger partial charge is 0.261 e. The van der Waals surface area contributed by atoms with E-state index in [0.29, 0.717) is 17.7 Å². The molecule has 1 heterocycles. The maximum atomic E-state index is 12.1.